The number of nitrogens with zero attached hydrogens (tertiary/aromatic N) is 2. The lowest BCUT2D eigenvalue weighted by Gasteiger charge is -2.10. The summed E-state index contributed by atoms with van der Waals surface area (Å²) in [6.45, 7) is 0.0926. The quantitative estimate of drug-likeness (QED) is 0.300. The van der Waals surface area contributed by atoms with Crippen LogP contribution >= 0.6 is 11.6 Å². The second kappa shape index (κ2) is 6.64. The zero-order valence-electron chi connectivity index (χ0n) is 12.3. The Morgan fingerprint density at radius 3 is 2.75 bits per heavy atom. The fraction of sp³-hybridized carbons (Fsp3) is 0.0588. The number of carbonyl (C=O) groups is 1. The number of aromatic nitrogens is 1. The Balaban J connectivity index is 1.87. The van der Waals surface area contributed by atoms with E-state index in [1.807, 2.05) is 30.3 Å². The molecule has 6 nitrogen and oxygen atoms in total. The van der Waals surface area contributed by atoms with Crippen LogP contribution in [-0.4, -0.2) is 16.2 Å². The van der Waals surface area contributed by atoms with E-state index in [0.717, 1.165) is 10.9 Å². The van der Waals surface area contributed by atoms with Gasteiger partial charge in [-0.05, 0) is 18.2 Å². The predicted molar refractivity (Wildman–Crippen MR) is 89.6 cm³/mol. The topological polar surface area (TPSA) is 82.3 Å². The van der Waals surface area contributed by atoms with Gasteiger partial charge < -0.3 is 4.74 Å². The summed E-state index contributed by atoms with van der Waals surface area (Å²) >= 11 is 6.16. The predicted octanol–water partition coefficient (Wildman–Crippen LogP) is 4.19. The van der Waals surface area contributed by atoms with E-state index in [1.165, 1.54) is 18.2 Å². The van der Waals surface area contributed by atoms with Gasteiger partial charge >= 0.3 is 0 Å². The normalized spacial score (nSPS) is 10.5. The van der Waals surface area contributed by atoms with Gasteiger partial charge in [-0.15, -0.1) is 0 Å². The highest BCUT2D eigenvalue weighted by Crippen LogP contribution is 2.26. The van der Waals surface area contributed by atoms with Crippen LogP contribution in [0.15, 0.2) is 48.5 Å². The van der Waals surface area contributed by atoms with Gasteiger partial charge in [0.15, 0.2) is 6.29 Å². The van der Waals surface area contributed by atoms with Gasteiger partial charge in [0.1, 0.15) is 17.5 Å². The fourth-order valence-electron chi connectivity index (χ4n) is 2.27. The average Bonchev–Trinajstić information content (AvgIpc) is 2.59. The molecule has 0 amide bonds. The summed E-state index contributed by atoms with van der Waals surface area (Å²) in [5.41, 5.74) is 1.37. The van der Waals surface area contributed by atoms with E-state index in [4.69, 9.17) is 16.3 Å². The van der Waals surface area contributed by atoms with Gasteiger partial charge in [0.05, 0.1) is 16.0 Å². The second-order valence-electron chi connectivity index (χ2n) is 5.02. The van der Waals surface area contributed by atoms with E-state index in [9.17, 15) is 14.9 Å². The number of pyridine rings is 1. The molecule has 0 unspecified atom stereocenters. The van der Waals surface area contributed by atoms with Crippen molar-refractivity contribution in [2.45, 2.75) is 6.61 Å². The zero-order valence-corrected chi connectivity index (χ0v) is 13.1. The molecular weight excluding hydrogens is 332 g/mol. The first-order chi connectivity index (χ1) is 11.6. The Labute approximate surface area is 141 Å². The number of hydrogen-bond donors (Lipinski definition) is 0. The van der Waals surface area contributed by atoms with E-state index >= 15 is 0 Å². The molecule has 0 bridgehead atoms. The van der Waals surface area contributed by atoms with Crippen molar-refractivity contribution in [2.24, 2.45) is 0 Å². The van der Waals surface area contributed by atoms with Gasteiger partial charge in [0.25, 0.3) is 5.69 Å². The lowest BCUT2D eigenvalue weighted by Crippen LogP contribution is -2.01. The highest BCUT2D eigenvalue weighted by Gasteiger charge is 2.12. The summed E-state index contributed by atoms with van der Waals surface area (Å²) in [6.07, 6.45) is 0.516. The first-order valence-electron chi connectivity index (χ1n) is 6.99. The van der Waals surface area contributed by atoms with Crippen molar-refractivity contribution in [1.82, 2.24) is 4.98 Å². The molecule has 0 saturated carbocycles. The Hall–Kier alpha value is -2.99. The minimum Gasteiger partial charge on any atom is -0.488 e. The molecule has 0 fully saturated rings. The summed E-state index contributed by atoms with van der Waals surface area (Å²) in [6, 6.07) is 13.2. The number of aldehydes is 1. The van der Waals surface area contributed by atoms with E-state index in [-0.39, 0.29) is 23.6 Å². The number of nitro benzene ring substituents is 1. The van der Waals surface area contributed by atoms with Crippen molar-refractivity contribution in [1.29, 1.82) is 0 Å². The Morgan fingerprint density at radius 2 is 2.00 bits per heavy atom. The van der Waals surface area contributed by atoms with Crippen LogP contribution in [-0.2, 0) is 6.61 Å². The van der Waals surface area contributed by atoms with Gasteiger partial charge in [-0.2, -0.15) is 0 Å². The maximum Gasteiger partial charge on any atom is 0.270 e. The number of benzene rings is 2. The third kappa shape index (κ3) is 3.18. The molecule has 3 rings (SSSR count). The number of hydrogen-bond acceptors (Lipinski definition) is 5. The highest BCUT2D eigenvalue weighted by atomic mass is 35.5. The lowest BCUT2D eigenvalue weighted by atomic mass is 10.1. The van der Waals surface area contributed by atoms with Crippen molar-refractivity contribution in [3.05, 3.63) is 74.9 Å². The molecule has 0 aliphatic heterocycles. The maximum absolute atomic E-state index is 11.1. The zero-order chi connectivity index (χ0) is 17.1. The van der Waals surface area contributed by atoms with Gasteiger partial charge in [0, 0.05) is 23.1 Å². The van der Waals surface area contributed by atoms with Crippen molar-refractivity contribution in [2.75, 3.05) is 0 Å². The molecule has 0 N–H and O–H groups in total. The monoisotopic (exact) mass is 342 g/mol. The molecule has 24 heavy (non-hydrogen) atoms. The third-order valence-corrected chi connectivity index (χ3v) is 3.79. The third-order valence-electron chi connectivity index (χ3n) is 3.46. The number of nitro groups is 1. The Bertz CT molecular complexity index is 943. The van der Waals surface area contributed by atoms with Crippen LogP contribution in [0.4, 0.5) is 5.69 Å². The van der Waals surface area contributed by atoms with Crippen molar-refractivity contribution < 1.29 is 14.5 Å². The molecule has 120 valence electrons. The van der Waals surface area contributed by atoms with Crippen LogP contribution in [0.3, 0.4) is 0 Å². The molecule has 0 radical (unpaired) electrons. The molecule has 1 heterocycles. The fourth-order valence-corrected chi connectivity index (χ4v) is 2.47. The number of carbonyl (C=O) groups excluding carboxylic acids is 1. The van der Waals surface area contributed by atoms with Gasteiger partial charge in [0.2, 0.25) is 0 Å². The molecule has 0 aliphatic rings. The molecule has 0 atom stereocenters. The molecule has 0 aliphatic carbocycles. The van der Waals surface area contributed by atoms with Gasteiger partial charge in [-0.3, -0.25) is 14.9 Å². The van der Waals surface area contributed by atoms with Gasteiger partial charge in [-0.1, -0.05) is 29.8 Å². The molecule has 1 aromatic heterocycles. The van der Waals surface area contributed by atoms with Crippen LogP contribution in [0, 0.1) is 10.1 Å². The van der Waals surface area contributed by atoms with Crippen LogP contribution in [0.5, 0.6) is 5.75 Å². The molecule has 3 aromatic rings. The van der Waals surface area contributed by atoms with Crippen LogP contribution in [0.25, 0.3) is 10.9 Å². The van der Waals surface area contributed by atoms with E-state index in [0.29, 0.717) is 17.0 Å². The van der Waals surface area contributed by atoms with Crippen molar-refractivity contribution in [3.8, 4) is 5.75 Å². The summed E-state index contributed by atoms with van der Waals surface area (Å²) in [4.78, 5) is 25.6. The van der Waals surface area contributed by atoms with Crippen LogP contribution in [0.2, 0.25) is 5.15 Å². The number of ether oxygens (including phenoxy) is 1. The lowest BCUT2D eigenvalue weighted by molar-refractivity contribution is -0.384. The number of para-hydroxylation sites is 1. The molecular formula is C17H11ClN2O4. The summed E-state index contributed by atoms with van der Waals surface area (Å²) in [5.74, 6) is 0.250. The standard InChI is InChI=1S/C17H11ClN2O4/c18-17-13(7-11-3-1-2-4-15(11)19-17)10-24-16-6-5-14(20(22)23)8-12(16)9-21/h1-9H,10H2. The first-order valence-corrected chi connectivity index (χ1v) is 7.37. The number of non-ortho nitro benzene ring substituents is 1. The maximum atomic E-state index is 11.1. The minimum absolute atomic E-state index is 0.0926. The van der Waals surface area contributed by atoms with Crippen molar-refractivity contribution in [3.63, 3.8) is 0 Å². The Kier molecular flexibility index (Phi) is 4.39. The number of halogens is 1. The smallest absolute Gasteiger partial charge is 0.270 e. The SMILES string of the molecule is O=Cc1cc([N+](=O)[O-])ccc1OCc1cc2ccccc2nc1Cl. The Morgan fingerprint density at radius 1 is 1.21 bits per heavy atom. The number of fused-ring (bicyclic) bond motifs is 1. The molecule has 0 saturated heterocycles. The van der Waals surface area contributed by atoms with Crippen LogP contribution < -0.4 is 4.74 Å². The molecule has 0 spiro atoms. The van der Waals surface area contributed by atoms with E-state index < -0.39 is 4.92 Å². The van der Waals surface area contributed by atoms with E-state index in [1.54, 1.807) is 0 Å². The summed E-state index contributed by atoms with van der Waals surface area (Å²) in [5, 5.41) is 12.0. The van der Waals surface area contributed by atoms with Crippen LogP contribution in [0.1, 0.15) is 15.9 Å². The molecule has 2 aromatic carbocycles. The number of rotatable bonds is 5. The summed E-state index contributed by atoms with van der Waals surface area (Å²) in [7, 11) is 0. The highest BCUT2D eigenvalue weighted by molar-refractivity contribution is 6.30. The minimum atomic E-state index is -0.569. The average molecular weight is 343 g/mol. The van der Waals surface area contributed by atoms with E-state index in [2.05, 4.69) is 4.98 Å². The first kappa shape index (κ1) is 15.9. The van der Waals surface area contributed by atoms with Gasteiger partial charge in [-0.25, -0.2) is 4.98 Å². The summed E-state index contributed by atoms with van der Waals surface area (Å²) < 4.78 is 5.60. The largest absolute Gasteiger partial charge is 0.488 e. The van der Waals surface area contributed by atoms with Crippen molar-refractivity contribution >= 4 is 34.5 Å². The molecule has 7 heteroatoms. The second-order valence-corrected chi connectivity index (χ2v) is 5.37.